The fourth-order valence-electron chi connectivity index (χ4n) is 4.79. The maximum absolute atomic E-state index is 13.0. The fourth-order valence-corrected chi connectivity index (χ4v) is 5.39. The van der Waals surface area contributed by atoms with Gasteiger partial charge in [-0.15, -0.1) is 0 Å². The summed E-state index contributed by atoms with van der Waals surface area (Å²) in [4.78, 5) is 59.7. The quantitative estimate of drug-likeness (QED) is 0.301. The van der Waals surface area contributed by atoms with Gasteiger partial charge in [-0.25, -0.2) is 9.78 Å². The van der Waals surface area contributed by atoms with Gasteiger partial charge in [0.05, 0.1) is 40.7 Å². The topological polar surface area (TPSA) is 149 Å². The molecule has 2 aromatic carbocycles. The van der Waals surface area contributed by atoms with Crippen molar-refractivity contribution in [2.75, 3.05) is 25.5 Å². The summed E-state index contributed by atoms with van der Waals surface area (Å²) < 4.78 is 7.47. The molecule has 5 rings (SSSR count). The van der Waals surface area contributed by atoms with Crippen molar-refractivity contribution in [3.63, 3.8) is 0 Å². The molecule has 0 atom stereocenters. The number of nitrogens with zero attached hydrogens (tertiary/aromatic N) is 5. The van der Waals surface area contributed by atoms with Crippen LogP contribution in [-0.2, 0) is 25.4 Å². The molecule has 4 aromatic rings. The summed E-state index contributed by atoms with van der Waals surface area (Å²) in [5.41, 5.74) is 1.38. The number of carboxylic acid groups (broad SMARTS) is 1. The van der Waals surface area contributed by atoms with Gasteiger partial charge in [0.15, 0.2) is 0 Å². The summed E-state index contributed by atoms with van der Waals surface area (Å²) in [6, 6.07) is 10.3. The summed E-state index contributed by atoms with van der Waals surface area (Å²) in [6.07, 6.45) is 2.75. The summed E-state index contributed by atoms with van der Waals surface area (Å²) in [6.45, 7) is 1.25. The molecule has 0 unspecified atom stereocenters. The van der Waals surface area contributed by atoms with Crippen molar-refractivity contribution < 1.29 is 19.4 Å². The van der Waals surface area contributed by atoms with E-state index in [-0.39, 0.29) is 22.2 Å². The molecule has 2 aromatic heterocycles. The molecule has 0 saturated carbocycles. The third-order valence-corrected chi connectivity index (χ3v) is 8.00. The molecule has 3 heterocycles. The van der Waals surface area contributed by atoms with Crippen LogP contribution in [0.15, 0.2) is 58.4 Å². The number of benzene rings is 2. The van der Waals surface area contributed by atoms with Gasteiger partial charge in [0, 0.05) is 56.6 Å². The number of halogens is 2. The van der Waals surface area contributed by atoms with E-state index in [1.165, 1.54) is 27.4 Å². The number of aryl methyl sites for hydroxylation is 1. The Balaban J connectivity index is 1.43. The highest BCUT2D eigenvalue weighted by Gasteiger charge is 2.33. The maximum atomic E-state index is 13.0. The van der Waals surface area contributed by atoms with Gasteiger partial charge in [-0.2, -0.15) is 0 Å². The van der Waals surface area contributed by atoms with E-state index in [2.05, 4.69) is 15.3 Å². The lowest BCUT2D eigenvalue weighted by molar-refractivity contribution is -0.147. The number of aromatic nitrogens is 4. The van der Waals surface area contributed by atoms with Crippen molar-refractivity contribution in [3.05, 3.63) is 90.9 Å². The zero-order chi connectivity index (χ0) is 31.0. The number of carbonyl (C=O) groups excluding carboxylic acids is 1. The number of aliphatic carboxylic acids is 1. The summed E-state index contributed by atoms with van der Waals surface area (Å²) in [7, 11) is 4.22. The Labute approximate surface area is 255 Å². The largest absolute Gasteiger partial charge is 0.481 e. The van der Waals surface area contributed by atoms with Gasteiger partial charge < -0.3 is 19.7 Å². The van der Waals surface area contributed by atoms with E-state index in [0.717, 1.165) is 9.13 Å². The van der Waals surface area contributed by atoms with Crippen LogP contribution in [0.5, 0.6) is 5.88 Å². The van der Waals surface area contributed by atoms with Crippen molar-refractivity contribution in [1.29, 1.82) is 0 Å². The molecule has 0 spiro atoms. The van der Waals surface area contributed by atoms with Crippen LogP contribution < -0.4 is 21.3 Å². The molecule has 1 amide bonds. The predicted molar refractivity (Wildman–Crippen MR) is 161 cm³/mol. The lowest BCUT2D eigenvalue weighted by Crippen LogP contribution is -2.49. The van der Waals surface area contributed by atoms with Gasteiger partial charge in [-0.3, -0.25) is 28.8 Å². The molecule has 1 saturated heterocycles. The summed E-state index contributed by atoms with van der Waals surface area (Å²) in [5.74, 6) is -1.64. The zero-order valence-corrected chi connectivity index (χ0v) is 24.8. The highest BCUT2D eigenvalue weighted by molar-refractivity contribution is 6.39. The third kappa shape index (κ3) is 5.76. The predicted octanol–water partition coefficient (Wildman–Crippen LogP) is 3.29. The van der Waals surface area contributed by atoms with E-state index in [9.17, 15) is 19.2 Å². The second-order valence-corrected chi connectivity index (χ2v) is 10.8. The van der Waals surface area contributed by atoms with Crippen molar-refractivity contribution >= 4 is 40.8 Å². The van der Waals surface area contributed by atoms with E-state index in [1.807, 2.05) is 4.90 Å². The second kappa shape index (κ2) is 12.0. The second-order valence-electron chi connectivity index (χ2n) is 10.0. The molecule has 43 heavy (non-hydrogen) atoms. The fraction of sp³-hybridized carbons (Fsp3) is 0.241. The van der Waals surface area contributed by atoms with Gasteiger partial charge in [0.25, 0.3) is 11.5 Å². The molecule has 1 fully saturated rings. The van der Waals surface area contributed by atoms with Gasteiger partial charge >= 0.3 is 11.7 Å². The Morgan fingerprint density at radius 3 is 2.37 bits per heavy atom. The van der Waals surface area contributed by atoms with Crippen LogP contribution in [0.4, 0.5) is 5.69 Å². The third-order valence-electron chi connectivity index (χ3n) is 7.19. The zero-order valence-electron chi connectivity index (χ0n) is 23.3. The number of rotatable bonds is 8. The molecule has 0 aliphatic carbocycles. The van der Waals surface area contributed by atoms with Crippen LogP contribution in [-0.4, -0.2) is 61.2 Å². The van der Waals surface area contributed by atoms with E-state index in [0.29, 0.717) is 58.6 Å². The Kier molecular flexibility index (Phi) is 8.36. The summed E-state index contributed by atoms with van der Waals surface area (Å²) in [5, 5.41) is 12.3. The first-order chi connectivity index (χ1) is 20.5. The smallest absolute Gasteiger partial charge is 0.330 e. The number of methoxy groups -OCH3 is 1. The number of ether oxygens (including phenoxy) is 1. The van der Waals surface area contributed by atoms with Crippen molar-refractivity contribution in [2.45, 2.75) is 6.54 Å². The van der Waals surface area contributed by atoms with E-state index in [4.69, 9.17) is 33.0 Å². The Bertz CT molecular complexity index is 1880. The number of hydrogen-bond acceptors (Lipinski definition) is 8. The SMILES string of the molecule is COc1nc(-c2cccc(-c3cccc(NC(=O)c4cn(C)c(=O)n(C)c4=O)c3Cl)c2Cl)cnc1CN1CC(C(=O)O)C1. The number of carboxylic acids is 1. The first kappa shape index (κ1) is 30.0. The number of carbonyl (C=O) groups is 2. The van der Waals surface area contributed by atoms with Gasteiger partial charge in [-0.05, 0) is 6.07 Å². The van der Waals surface area contributed by atoms with Crippen LogP contribution in [0.1, 0.15) is 16.1 Å². The molecule has 2 N–H and O–H groups in total. The minimum absolute atomic E-state index is 0.185. The first-order valence-corrected chi connectivity index (χ1v) is 13.8. The normalized spacial score (nSPS) is 13.4. The number of anilines is 1. The lowest BCUT2D eigenvalue weighted by Gasteiger charge is -2.36. The molecule has 0 bridgehead atoms. The Morgan fingerprint density at radius 1 is 1.05 bits per heavy atom. The van der Waals surface area contributed by atoms with Crippen LogP contribution in [0.25, 0.3) is 22.4 Å². The molecule has 1 aliphatic heterocycles. The Hall–Kier alpha value is -4.52. The van der Waals surface area contributed by atoms with E-state index in [1.54, 1.807) is 42.6 Å². The molecule has 12 nitrogen and oxygen atoms in total. The van der Waals surface area contributed by atoms with Crippen LogP contribution in [0, 0.1) is 5.92 Å². The van der Waals surface area contributed by atoms with Crippen LogP contribution in [0.2, 0.25) is 10.0 Å². The van der Waals surface area contributed by atoms with Crippen molar-refractivity contribution in [2.24, 2.45) is 20.0 Å². The highest BCUT2D eigenvalue weighted by atomic mass is 35.5. The Morgan fingerprint density at radius 2 is 1.70 bits per heavy atom. The minimum atomic E-state index is -0.817. The van der Waals surface area contributed by atoms with E-state index >= 15 is 0 Å². The molecule has 0 radical (unpaired) electrons. The molecule has 1 aliphatic rings. The maximum Gasteiger partial charge on any atom is 0.330 e. The lowest BCUT2D eigenvalue weighted by atomic mass is 10.00. The van der Waals surface area contributed by atoms with Crippen molar-refractivity contribution in [3.8, 4) is 28.3 Å². The van der Waals surface area contributed by atoms with Gasteiger partial charge in [-0.1, -0.05) is 53.5 Å². The number of hydrogen-bond donors (Lipinski definition) is 2. The highest BCUT2D eigenvalue weighted by Crippen LogP contribution is 2.41. The number of amides is 1. The average molecular weight is 625 g/mol. The van der Waals surface area contributed by atoms with Crippen molar-refractivity contribution in [1.82, 2.24) is 24.0 Å². The van der Waals surface area contributed by atoms with Crippen LogP contribution >= 0.6 is 23.2 Å². The first-order valence-electron chi connectivity index (χ1n) is 13.0. The summed E-state index contributed by atoms with van der Waals surface area (Å²) >= 11 is 13.6. The molecule has 14 heteroatoms. The van der Waals surface area contributed by atoms with Gasteiger partial charge in [0.2, 0.25) is 5.88 Å². The van der Waals surface area contributed by atoms with Crippen LogP contribution in [0.3, 0.4) is 0 Å². The monoisotopic (exact) mass is 624 g/mol. The average Bonchev–Trinajstić information content (AvgIpc) is 2.96. The number of likely N-dealkylation sites (tertiary alicyclic amines) is 1. The minimum Gasteiger partial charge on any atom is -0.481 e. The standard InChI is InChI=1S/C29H26Cl2N6O6/c1-35-13-19(27(39)36(2)29(35)42)25(38)33-20-9-5-7-17(24(20)31)16-6-4-8-18(23(16)30)21-10-32-22(26(34-21)43-3)14-37-11-15(12-37)28(40)41/h4-10,13,15H,11-12,14H2,1-3H3,(H,33,38)(H,40,41). The number of nitrogens with one attached hydrogen (secondary N) is 1. The molecular weight excluding hydrogens is 599 g/mol. The van der Waals surface area contributed by atoms with Gasteiger partial charge in [0.1, 0.15) is 11.3 Å². The molecule has 222 valence electrons. The van der Waals surface area contributed by atoms with E-state index < -0.39 is 23.1 Å². The molecular formula is C29H26Cl2N6O6.